The van der Waals surface area contributed by atoms with Gasteiger partial charge in [0, 0.05) is 5.56 Å². The summed E-state index contributed by atoms with van der Waals surface area (Å²) >= 11 is 3.20. The van der Waals surface area contributed by atoms with Gasteiger partial charge in [0.05, 0.1) is 10.2 Å². The van der Waals surface area contributed by atoms with E-state index < -0.39 is 0 Å². The number of rotatable bonds is 3. The minimum absolute atomic E-state index is 0.269. The zero-order valence-corrected chi connectivity index (χ0v) is 11.5. The molecule has 18 heavy (non-hydrogen) atoms. The minimum atomic E-state index is -0.298. The maximum Gasteiger partial charge on any atom is 0.142 e. The summed E-state index contributed by atoms with van der Waals surface area (Å²) in [5.41, 5.74) is 8.25. The first-order valence-electron chi connectivity index (χ1n) is 5.50. The number of ether oxygens (including phenoxy) is 1. The Hall–Kier alpha value is -1.55. The van der Waals surface area contributed by atoms with Gasteiger partial charge < -0.3 is 10.5 Å². The molecule has 2 rings (SSSR count). The van der Waals surface area contributed by atoms with Crippen LogP contribution in [-0.4, -0.2) is 0 Å². The third-order valence-corrected chi connectivity index (χ3v) is 3.47. The lowest BCUT2D eigenvalue weighted by atomic mass is 10.2. The minimum Gasteiger partial charge on any atom is -0.487 e. The molecule has 0 amide bonds. The third kappa shape index (κ3) is 2.82. The Morgan fingerprint density at radius 3 is 2.78 bits per heavy atom. The predicted octanol–water partition coefficient (Wildman–Crippen LogP) is 4.06. The number of hydrogen-bond acceptors (Lipinski definition) is 2. The molecule has 4 heteroatoms. The maximum absolute atomic E-state index is 13.3. The van der Waals surface area contributed by atoms with Crippen LogP contribution in [0.2, 0.25) is 0 Å². The molecule has 0 aliphatic heterocycles. The molecule has 0 saturated heterocycles. The second-order valence-corrected chi connectivity index (χ2v) is 4.84. The number of nitrogen functional groups attached to an aromatic ring is 1. The van der Waals surface area contributed by atoms with Crippen molar-refractivity contribution < 1.29 is 9.13 Å². The van der Waals surface area contributed by atoms with E-state index in [4.69, 9.17) is 10.5 Å². The van der Waals surface area contributed by atoms with Gasteiger partial charge in [0.15, 0.2) is 0 Å². The van der Waals surface area contributed by atoms with Crippen LogP contribution in [-0.2, 0) is 6.61 Å². The van der Waals surface area contributed by atoms with Gasteiger partial charge in [0.25, 0.3) is 0 Å². The lowest BCUT2D eigenvalue weighted by Crippen LogP contribution is -2.00. The van der Waals surface area contributed by atoms with Gasteiger partial charge in [-0.05, 0) is 46.6 Å². The number of nitrogens with two attached hydrogens (primary N) is 1. The van der Waals surface area contributed by atoms with Crippen LogP contribution >= 0.6 is 15.9 Å². The third-order valence-electron chi connectivity index (χ3n) is 2.58. The van der Waals surface area contributed by atoms with Gasteiger partial charge in [-0.1, -0.05) is 18.2 Å². The molecule has 94 valence electrons. The normalized spacial score (nSPS) is 10.4. The predicted molar refractivity (Wildman–Crippen MR) is 74.0 cm³/mol. The van der Waals surface area contributed by atoms with Crippen molar-refractivity contribution in [2.75, 3.05) is 5.73 Å². The lowest BCUT2D eigenvalue weighted by molar-refractivity contribution is 0.306. The number of anilines is 1. The molecule has 0 spiro atoms. The average Bonchev–Trinajstić information content (AvgIpc) is 2.33. The molecule has 0 saturated carbocycles. The van der Waals surface area contributed by atoms with Crippen LogP contribution < -0.4 is 10.5 Å². The first-order chi connectivity index (χ1) is 8.58. The summed E-state index contributed by atoms with van der Waals surface area (Å²) in [6.07, 6.45) is 0. The van der Waals surface area contributed by atoms with Gasteiger partial charge in [-0.25, -0.2) is 4.39 Å². The quantitative estimate of drug-likeness (QED) is 0.868. The van der Waals surface area contributed by atoms with Crippen molar-refractivity contribution >= 4 is 21.6 Å². The molecule has 2 nitrogen and oxygen atoms in total. The largest absolute Gasteiger partial charge is 0.487 e. The summed E-state index contributed by atoms with van der Waals surface area (Å²) in [6.45, 7) is 2.23. The van der Waals surface area contributed by atoms with Crippen LogP contribution in [0, 0.1) is 12.7 Å². The van der Waals surface area contributed by atoms with E-state index >= 15 is 0 Å². The van der Waals surface area contributed by atoms with Crippen LogP contribution in [0.15, 0.2) is 40.9 Å². The van der Waals surface area contributed by atoms with Crippen molar-refractivity contribution in [3.05, 3.63) is 57.8 Å². The molecule has 0 atom stereocenters. The Bertz CT molecular complexity index is 572. The van der Waals surface area contributed by atoms with E-state index in [0.29, 0.717) is 15.9 Å². The molecule has 0 heterocycles. The molecule has 0 fully saturated rings. The van der Waals surface area contributed by atoms with Gasteiger partial charge in [-0.15, -0.1) is 0 Å². The van der Waals surface area contributed by atoms with Crippen LogP contribution in [0.1, 0.15) is 11.1 Å². The van der Waals surface area contributed by atoms with E-state index in [2.05, 4.69) is 15.9 Å². The molecule has 2 aromatic rings. The Morgan fingerprint density at radius 1 is 1.28 bits per heavy atom. The molecule has 2 N–H and O–H groups in total. The van der Waals surface area contributed by atoms with Crippen LogP contribution in [0.25, 0.3) is 0 Å². The standard InChI is InChI=1S/C14H13BrFNO/c1-9-5-6-13(12(17)7-9)18-8-10-3-2-4-11(16)14(10)15/h2-7H,8,17H2,1H3. The molecule has 0 aromatic heterocycles. The van der Waals surface area contributed by atoms with E-state index in [1.807, 2.05) is 25.1 Å². The van der Waals surface area contributed by atoms with Gasteiger partial charge in [0.1, 0.15) is 18.2 Å². The highest BCUT2D eigenvalue weighted by atomic mass is 79.9. The fourth-order valence-corrected chi connectivity index (χ4v) is 1.99. The summed E-state index contributed by atoms with van der Waals surface area (Å²) in [6, 6.07) is 10.4. The van der Waals surface area contributed by atoms with E-state index in [9.17, 15) is 4.39 Å². The van der Waals surface area contributed by atoms with Crippen LogP contribution in [0.4, 0.5) is 10.1 Å². The number of hydrogen-bond donors (Lipinski definition) is 1. The van der Waals surface area contributed by atoms with E-state index in [0.717, 1.165) is 11.1 Å². The molecule has 0 aliphatic carbocycles. The Labute approximate surface area is 114 Å². The highest BCUT2D eigenvalue weighted by Crippen LogP contribution is 2.26. The molecule has 0 bridgehead atoms. The summed E-state index contributed by atoms with van der Waals surface area (Å²) in [5, 5.41) is 0. The summed E-state index contributed by atoms with van der Waals surface area (Å²) in [4.78, 5) is 0. The Balaban J connectivity index is 2.14. The average molecular weight is 310 g/mol. The summed E-state index contributed by atoms with van der Waals surface area (Å²) in [7, 11) is 0. The second kappa shape index (κ2) is 5.40. The molecule has 0 unspecified atom stereocenters. The van der Waals surface area contributed by atoms with Crippen molar-refractivity contribution in [2.24, 2.45) is 0 Å². The zero-order chi connectivity index (χ0) is 13.1. The SMILES string of the molecule is Cc1ccc(OCc2cccc(F)c2Br)c(N)c1. The van der Waals surface area contributed by atoms with Crippen LogP contribution in [0.3, 0.4) is 0 Å². The van der Waals surface area contributed by atoms with Gasteiger partial charge in [-0.2, -0.15) is 0 Å². The fraction of sp³-hybridized carbons (Fsp3) is 0.143. The van der Waals surface area contributed by atoms with Crippen molar-refractivity contribution in [3.63, 3.8) is 0 Å². The van der Waals surface area contributed by atoms with Crippen molar-refractivity contribution in [1.82, 2.24) is 0 Å². The lowest BCUT2D eigenvalue weighted by Gasteiger charge is -2.10. The molecular formula is C14H13BrFNO. The van der Waals surface area contributed by atoms with E-state index in [1.54, 1.807) is 12.1 Å². The van der Waals surface area contributed by atoms with Crippen molar-refractivity contribution in [2.45, 2.75) is 13.5 Å². The highest BCUT2D eigenvalue weighted by molar-refractivity contribution is 9.10. The van der Waals surface area contributed by atoms with Gasteiger partial charge in [0.2, 0.25) is 0 Å². The first-order valence-corrected chi connectivity index (χ1v) is 6.29. The van der Waals surface area contributed by atoms with Crippen molar-refractivity contribution in [3.8, 4) is 5.75 Å². The number of aryl methyl sites for hydroxylation is 1. The summed E-state index contributed by atoms with van der Waals surface area (Å²) < 4.78 is 19.3. The zero-order valence-electron chi connectivity index (χ0n) is 9.91. The topological polar surface area (TPSA) is 35.2 Å². The second-order valence-electron chi connectivity index (χ2n) is 4.04. The van der Waals surface area contributed by atoms with E-state index in [1.165, 1.54) is 6.07 Å². The number of benzene rings is 2. The monoisotopic (exact) mass is 309 g/mol. The molecule has 0 aliphatic rings. The first kappa shape index (κ1) is 12.9. The molecule has 2 aromatic carbocycles. The van der Waals surface area contributed by atoms with Crippen molar-refractivity contribution in [1.29, 1.82) is 0 Å². The fourth-order valence-electron chi connectivity index (χ4n) is 1.61. The van der Waals surface area contributed by atoms with Gasteiger partial charge in [-0.3, -0.25) is 0 Å². The smallest absolute Gasteiger partial charge is 0.142 e. The molecule has 0 radical (unpaired) electrons. The maximum atomic E-state index is 13.3. The highest BCUT2D eigenvalue weighted by Gasteiger charge is 2.07. The number of halogens is 2. The summed E-state index contributed by atoms with van der Waals surface area (Å²) in [5.74, 6) is 0.310. The van der Waals surface area contributed by atoms with Gasteiger partial charge >= 0.3 is 0 Å². The van der Waals surface area contributed by atoms with E-state index in [-0.39, 0.29) is 12.4 Å². The Kier molecular flexibility index (Phi) is 3.87. The molecular weight excluding hydrogens is 297 g/mol. The Morgan fingerprint density at radius 2 is 2.06 bits per heavy atom. The van der Waals surface area contributed by atoms with Crippen LogP contribution in [0.5, 0.6) is 5.75 Å².